The maximum atomic E-state index is 13.2. The first-order valence-corrected chi connectivity index (χ1v) is 10.5. The summed E-state index contributed by atoms with van der Waals surface area (Å²) in [6.07, 6.45) is 3.58. The molecule has 2 aromatic rings. The second-order valence-corrected chi connectivity index (χ2v) is 9.32. The van der Waals surface area contributed by atoms with Crippen molar-refractivity contribution in [2.75, 3.05) is 24.6 Å². The van der Waals surface area contributed by atoms with Crippen molar-refractivity contribution in [2.24, 2.45) is 0 Å². The van der Waals surface area contributed by atoms with Gasteiger partial charge in [0, 0.05) is 52.5 Å². The Kier molecular flexibility index (Phi) is 5.54. The van der Waals surface area contributed by atoms with Crippen LogP contribution < -0.4 is 0 Å². The van der Waals surface area contributed by atoms with Gasteiger partial charge in [-0.25, -0.2) is 8.96 Å². The summed E-state index contributed by atoms with van der Waals surface area (Å²) in [4.78, 5) is 6.64. The molecule has 0 unspecified atom stereocenters. The zero-order valence-corrected chi connectivity index (χ0v) is 16.2. The summed E-state index contributed by atoms with van der Waals surface area (Å²) < 4.78 is 26.1. The normalized spacial score (nSPS) is 17.7. The van der Waals surface area contributed by atoms with E-state index in [1.165, 1.54) is 3.97 Å². The molecule has 24 heavy (non-hydrogen) atoms. The summed E-state index contributed by atoms with van der Waals surface area (Å²) in [6, 6.07) is 3.65. The molecule has 0 amide bonds. The Balaban J connectivity index is 1.76. The molecule has 0 N–H and O–H groups in total. The number of aryl methyl sites for hydroxylation is 1. The Morgan fingerprint density at radius 2 is 2.08 bits per heavy atom. The maximum absolute atomic E-state index is 13.2. The van der Waals surface area contributed by atoms with Crippen molar-refractivity contribution in [3.05, 3.63) is 29.0 Å². The molecule has 1 saturated heterocycles. The number of hydrogen-bond acceptors (Lipinski definition) is 4. The van der Waals surface area contributed by atoms with E-state index in [9.17, 15) is 8.09 Å². The third kappa shape index (κ3) is 3.79. The summed E-state index contributed by atoms with van der Waals surface area (Å²) in [5.41, 5.74) is 1.66. The van der Waals surface area contributed by atoms with E-state index < -0.39 is 10.8 Å². The molecular formula is C16H21ClFN3OS2. The van der Waals surface area contributed by atoms with Gasteiger partial charge in [-0.15, -0.1) is 3.89 Å². The smallest absolute Gasteiger partial charge is 0.171 e. The fraction of sp³-hybridized carbons (Fsp3) is 0.562. The summed E-state index contributed by atoms with van der Waals surface area (Å²) in [7, 11) is -0.665. The Labute approximate surface area is 153 Å². The third-order valence-electron chi connectivity index (χ3n) is 4.78. The molecule has 3 heterocycles. The number of fused-ring (bicyclic) bond motifs is 1. The van der Waals surface area contributed by atoms with E-state index in [0.29, 0.717) is 10.8 Å². The number of nitrogens with zero attached hydrogens (tertiary/aromatic N) is 3. The highest BCUT2D eigenvalue weighted by atomic mass is 35.5. The van der Waals surface area contributed by atoms with Gasteiger partial charge >= 0.3 is 0 Å². The Bertz CT molecular complexity index is 755. The molecule has 0 bridgehead atoms. The van der Waals surface area contributed by atoms with E-state index >= 15 is 0 Å². The lowest BCUT2D eigenvalue weighted by molar-refractivity contribution is 0.124. The van der Waals surface area contributed by atoms with Crippen LogP contribution in [-0.2, 0) is 17.2 Å². The van der Waals surface area contributed by atoms with E-state index in [2.05, 4.69) is 23.7 Å². The monoisotopic (exact) mass is 389 g/mol. The van der Waals surface area contributed by atoms with E-state index in [0.717, 1.165) is 48.4 Å². The van der Waals surface area contributed by atoms with Crippen molar-refractivity contribution in [1.29, 1.82) is 0 Å². The van der Waals surface area contributed by atoms with Crippen LogP contribution in [0.2, 0.25) is 5.15 Å². The molecule has 3 rings (SSSR count). The molecule has 1 aliphatic rings. The molecule has 0 saturated carbocycles. The van der Waals surface area contributed by atoms with Crippen LogP contribution >= 0.6 is 23.9 Å². The first-order chi connectivity index (χ1) is 11.4. The molecule has 8 heteroatoms. The zero-order chi connectivity index (χ0) is 17.3. The van der Waals surface area contributed by atoms with E-state index in [4.69, 9.17) is 11.6 Å². The Morgan fingerprint density at radius 1 is 1.38 bits per heavy atom. The molecule has 0 radical (unpaired) electrons. The van der Waals surface area contributed by atoms with Gasteiger partial charge in [-0.1, -0.05) is 11.6 Å². The molecule has 132 valence electrons. The van der Waals surface area contributed by atoms with Crippen LogP contribution in [0, 0.1) is 0 Å². The van der Waals surface area contributed by atoms with Gasteiger partial charge < -0.3 is 0 Å². The topological polar surface area (TPSA) is 38.1 Å². The highest BCUT2D eigenvalue weighted by molar-refractivity contribution is 7.92. The highest BCUT2D eigenvalue weighted by Crippen LogP contribution is 2.29. The quantitative estimate of drug-likeness (QED) is 0.728. The van der Waals surface area contributed by atoms with Crippen molar-refractivity contribution in [3.63, 3.8) is 0 Å². The van der Waals surface area contributed by atoms with Crippen LogP contribution in [0.1, 0.15) is 25.8 Å². The van der Waals surface area contributed by atoms with Crippen LogP contribution in [0.3, 0.4) is 0 Å². The molecular weight excluding hydrogens is 369 g/mol. The summed E-state index contributed by atoms with van der Waals surface area (Å²) in [5.74, 6) is 1.51. The number of aromatic nitrogens is 2. The first-order valence-electron chi connectivity index (χ1n) is 7.96. The Hall–Kier alpha value is -0.630. The maximum Gasteiger partial charge on any atom is 0.171 e. The minimum Gasteiger partial charge on any atom is -0.296 e. The van der Waals surface area contributed by atoms with Crippen LogP contribution in [0.5, 0.6) is 0 Å². The highest BCUT2D eigenvalue weighted by Gasteiger charge is 2.29. The molecule has 0 aliphatic carbocycles. The average molecular weight is 390 g/mol. The van der Waals surface area contributed by atoms with Gasteiger partial charge in [0.05, 0.1) is 0 Å². The van der Waals surface area contributed by atoms with Crippen molar-refractivity contribution >= 4 is 45.8 Å². The third-order valence-corrected chi connectivity index (χ3v) is 6.70. The standard InChI is InChI=1S/C16H21ClFN3OS2/c1-16(2,20-7-9-24(22)10-8-20)6-5-12-11-21(23-18)15-13(12)3-4-14(17)19-15/h3-4,11H,5-10H2,1-2H3. The zero-order valence-electron chi connectivity index (χ0n) is 13.8. The van der Waals surface area contributed by atoms with Crippen LogP contribution in [-0.4, -0.2) is 48.2 Å². The van der Waals surface area contributed by atoms with Crippen LogP contribution in [0.4, 0.5) is 3.89 Å². The lowest BCUT2D eigenvalue weighted by Crippen LogP contribution is -2.50. The van der Waals surface area contributed by atoms with Crippen molar-refractivity contribution in [2.45, 2.75) is 32.2 Å². The van der Waals surface area contributed by atoms with Gasteiger partial charge in [-0.3, -0.25) is 9.11 Å². The largest absolute Gasteiger partial charge is 0.296 e. The second-order valence-electron chi connectivity index (χ2n) is 6.70. The number of rotatable bonds is 5. The molecule has 0 spiro atoms. The van der Waals surface area contributed by atoms with Crippen molar-refractivity contribution in [3.8, 4) is 0 Å². The van der Waals surface area contributed by atoms with Gasteiger partial charge in [0.2, 0.25) is 0 Å². The van der Waals surface area contributed by atoms with Crippen LogP contribution in [0.15, 0.2) is 18.3 Å². The molecule has 1 aliphatic heterocycles. The van der Waals surface area contributed by atoms with Gasteiger partial charge in [0.1, 0.15) is 5.15 Å². The molecule has 0 atom stereocenters. The average Bonchev–Trinajstić information content (AvgIpc) is 2.90. The lowest BCUT2D eigenvalue weighted by Gasteiger charge is -2.40. The van der Waals surface area contributed by atoms with E-state index in [1.807, 2.05) is 6.07 Å². The Morgan fingerprint density at radius 3 is 2.75 bits per heavy atom. The molecule has 2 aromatic heterocycles. The molecule has 0 aromatic carbocycles. The second kappa shape index (κ2) is 7.32. The minimum atomic E-state index is -0.665. The fourth-order valence-corrected chi connectivity index (χ4v) is 4.78. The van der Waals surface area contributed by atoms with Gasteiger partial charge in [-0.05, 0) is 44.4 Å². The predicted molar refractivity (Wildman–Crippen MR) is 101 cm³/mol. The van der Waals surface area contributed by atoms with Gasteiger partial charge in [0.15, 0.2) is 18.0 Å². The molecule has 1 fully saturated rings. The predicted octanol–water partition coefficient (Wildman–Crippen LogP) is 3.85. The number of hydrogen-bond donors (Lipinski definition) is 0. The summed E-state index contributed by atoms with van der Waals surface area (Å²) in [6.45, 7) is 6.19. The van der Waals surface area contributed by atoms with Gasteiger partial charge in [-0.2, -0.15) is 0 Å². The SMILES string of the molecule is CC(C)(CCc1cn(SF)c2nc(Cl)ccc12)N1CCS(=O)CC1. The van der Waals surface area contributed by atoms with Crippen LogP contribution in [0.25, 0.3) is 11.0 Å². The van der Waals surface area contributed by atoms with Gasteiger partial charge in [0.25, 0.3) is 0 Å². The van der Waals surface area contributed by atoms with E-state index in [-0.39, 0.29) is 17.9 Å². The fourth-order valence-electron chi connectivity index (χ4n) is 3.21. The van der Waals surface area contributed by atoms with E-state index in [1.54, 1.807) is 12.3 Å². The summed E-state index contributed by atoms with van der Waals surface area (Å²) in [5, 5.41) is 1.31. The molecule has 4 nitrogen and oxygen atoms in total. The number of halogens is 2. The first kappa shape index (κ1) is 18.2. The van der Waals surface area contributed by atoms with Crippen molar-refractivity contribution in [1.82, 2.24) is 13.9 Å². The summed E-state index contributed by atoms with van der Waals surface area (Å²) >= 11 is 6.07. The van der Waals surface area contributed by atoms with Crippen molar-refractivity contribution < 1.29 is 8.09 Å². The minimum absolute atomic E-state index is 0.0156. The number of pyridine rings is 1. The lowest BCUT2D eigenvalue weighted by atomic mass is 9.93.